The summed E-state index contributed by atoms with van der Waals surface area (Å²) < 4.78 is 59.8. The van der Waals surface area contributed by atoms with Crippen molar-refractivity contribution in [2.45, 2.75) is 13.3 Å². The average Bonchev–Trinajstić information content (AvgIpc) is 2.47. The Labute approximate surface area is 118 Å². The van der Waals surface area contributed by atoms with Crippen LogP contribution in [0, 0.1) is 23.3 Å². The van der Waals surface area contributed by atoms with Crippen LogP contribution in [0.5, 0.6) is 11.5 Å². The van der Waals surface area contributed by atoms with Crippen LogP contribution < -0.4 is 4.74 Å². The van der Waals surface area contributed by atoms with E-state index in [1.54, 1.807) is 6.92 Å². The predicted molar refractivity (Wildman–Crippen MR) is 69.2 cm³/mol. The Kier molecular flexibility index (Phi) is 4.35. The molecule has 112 valence electrons. The van der Waals surface area contributed by atoms with Crippen molar-refractivity contribution in [1.82, 2.24) is 0 Å². The zero-order valence-electron chi connectivity index (χ0n) is 11.1. The van der Waals surface area contributed by atoms with Gasteiger partial charge in [-0.2, -0.15) is 8.78 Å². The minimum absolute atomic E-state index is 0.206. The molecular formula is C15H12F4O2. The van der Waals surface area contributed by atoms with Crippen LogP contribution in [0.4, 0.5) is 17.6 Å². The molecule has 0 saturated heterocycles. The molecule has 0 radical (unpaired) electrons. The molecule has 0 aromatic heterocycles. The molecule has 2 nitrogen and oxygen atoms in total. The lowest BCUT2D eigenvalue weighted by molar-refractivity contribution is 0.295. The molecule has 2 rings (SSSR count). The van der Waals surface area contributed by atoms with Crippen molar-refractivity contribution in [3.05, 3.63) is 47.5 Å². The van der Waals surface area contributed by atoms with Crippen LogP contribution >= 0.6 is 0 Å². The third-order valence-corrected chi connectivity index (χ3v) is 2.86. The summed E-state index contributed by atoms with van der Waals surface area (Å²) in [5.41, 5.74) is -0.934. The van der Waals surface area contributed by atoms with E-state index in [0.717, 1.165) is 24.3 Å². The highest BCUT2D eigenvalue weighted by Crippen LogP contribution is 2.34. The van der Waals surface area contributed by atoms with Crippen LogP contribution in [0.3, 0.4) is 0 Å². The first kappa shape index (κ1) is 15.2. The lowest BCUT2D eigenvalue weighted by Crippen LogP contribution is -2.01. The van der Waals surface area contributed by atoms with Crippen molar-refractivity contribution in [2.24, 2.45) is 0 Å². The second kappa shape index (κ2) is 6.03. The zero-order valence-corrected chi connectivity index (χ0v) is 11.1. The summed E-state index contributed by atoms with van der Waals surface area (Å²) in [6.07, 6.45) is 0.612. The molecule has 0 fully saturated rings. The molecule has 0 aliphatic heterocycles. The Morgan fingerprint density at radius 2 is 1.43 bits per heavy atom. The summed E-state index contributed by atoms with van der Waals surface area (Å²) in [4.78, 5) is 0. The van der Waals surface area contributed by atoms with Crippen LogP contribution in [0.1, 0.15) is 13.3 Å². The van der Waals surface area contributed by atoms with Crippen molar-refractivity contribution in [2.75, 3.05) is 6.61 Å². The fraction of sp³-hybridized carbons (Fsp3) is 0.200. The van der Waals surface area contributed by atoms with Gasteiger partial charge < -0.3 is 9.84 Å². The third-order valence-electron chi connectivity index (χ3n) is 2.86. The molecule has 6 heteroatoms. The molecule has 2 aromatic rings. The molecule has 0 aliphatic carbocycles. The lowest BCUT2D eigenvalue weighted by atomic mass is 10.0. The van der Waals surface area contributed by atoms with Gasteiger partial charge in [-0.05, 0) is 30.7 Å². The largest absolute Gasteiger partial charge is 0.505 e. The highest BCUT2D eigenvalue weighted by Gasteiger charge is 2.21. The quantitative estimate of drug-likeness (QED) is 0.848. The van der Waals surface area contributed by atoms with E-state index in [-0.39, 0.29) is 12.4 Å². The van der Waals surface area contributed by atoms with E-state index in [1.165, 1.54) is 0 Å². The summed E-state index contributed by atoms with van der Waals surface area (Å²) in [7, 11) is 0. The van der Waals surface area contributed by atoms with Gasteiger partial charge in [-0.15, -0.1) is 0 Å². The summed E-state index contributed by atoms with van der Waals surface area (Å²) >= 11 is 0. The number of hydrogen-bond donors (Lipinski definition) is 1. The van der Waals surface area contributed by atoms with E-state index in [2.05, 4.69) is 0 Å². The van der Waals surface area contributed by atoms with Crippen LogP contribution in [-0.4, -0.2) is 11.7 Å². The number of hydrogen-bond acceptors (Lipinski definition) is 2. The number of benzene rings is 2. The van der Waals surface area contributed by atoms with E-state index in [4.69, 9.17) is 9.84 Å². The summed E-state index contributed by atoms with van der Waals surface area (Å²) in [6.45, 7) is 2.01. The van der Waals surface area contributed by atoms with Gasteiger partial charge in [0.05, 0.1) is 6.61 Å². The molecule has 0 spiro atoms. The normalized spacial score (nSPS) is 10.7. The molecule has 2 aromatic carbocycles. The Bertz CT molecular complexity index is 671. The maximum atomic E-state index is 14.0. The van der Waals surface area contributed by atoms with Crippen molar-refractivity contribution in [3.63, 3.8) is 0 Å². The van der Waals surface area contributed by atoms with Crippen LogP contribution in [0.2, 0.25) is 0 Å². The van der Waals surface area contributed by atoms with Gasteiger partial charge in [-0.1, -0.05) is 6.92 Å². The van der Waals surface area contributed by atoms with E-state index >= 15 is 0 Å². The smallest absolute Gasteiger partial charge is 0.201 e. The summed E-state index contributed by atoms with van der Waals surface area (Å²) in [6, 6.07) is 4.08. The van der Waals surface area contributed by atoms with Crippen molar-refractivity contribution in [1.29, 1.82) is 0 Å². The molecule has 0 heterocycles. The topological polar surface area (TPSA) is 29.5 Å². The van der Waals surface area contributed by atoms with Gasteiger partial charge >= 0.3 is 0 Å². The fourth-order valence-electron chi connectivity index (χ4n) is 1.81. The maximum Gasteiger partial charge on any atom is 0.201 e. The Morgan fingerprint density at radius 3 is 2.05 bits per heavy atom. The highest BCUT2D eigenvalue weighted by atomic mass is 19.2. The second-order valence-electron chi connectivity index (χ2n) is 4.35. The zero-order chi connectivity index (χ0) is 15.6. The predicted octanol–water partition coefficient (Wildman–Crippen LogP) is 4.40. The van der Waals surface area contributed by atoms with Gasteiger partial charge in [-0.25, -0.2) is 8.78 Å². The number of aromatic hydroxyl groups is 1. The summed E-state index contributed by atoms with van der Waals surface area (Å²) in [5.74, 6) is -6.77. The molecule has 0 amide bonds. The standard InChI is InChI=1S/C15H12F4O2/c1-2-7-21-11-6-4-9(13(17)15(11)19)8-3-5-10(20)14(18)12(8)16/h3-6,20H,2,7H2,1H3. The second-order valence-corrected chi connectivity index (χ2v) is 4.35. The van der Waals surface area contributed by atoms with Gasteiger partial charge in [0.15, 0.2) is 23.1 Å². The van der Waals surface area contributed by atoms with Crippen molar-refractivity contribution in [3.8, 4) is 22.6 Å². The number of phenolic OH excluding ortho intramolecular Hbond substituents is 1. The number of halogens is 4. The van der Waals surface area contributed by atoms with Crippen LogP contribution in [0.25, 0.3) is 11.1 Å². The Morgan fingerprint density at radius 1 is 0.857 bits per heavy atom. The Hall–Kier alpha value is -2.24. The first-order valence-electron chi connectivity index (χ1n) is 6.25. The Balaban J connectivity index is 2.51. The first-order valence-corrected chi connectivity index (χ1v) is 6.25. The number of rotatable bonds is 4. The molecule has 0 aliphatic rings. The van der Waals surface area contributed by atoms with Gasteiger partial charge in [0.2, 0.25) is 11.6 Å². The molecule has 0 bridgehead atoms. The maximum absolute atomic E-state index is 14.0. The first-order chi connectivity index (χ1) is 9.97. The third kappa shape index (κ3) is 2.79. The van der Waals surface area contributed by atoms with Crippen LogP contribution in [-0.2, 0) is 0 Å². The van der Waals surface area contributed by atoms with E-state index < -0.39 is 40.1 Å². The van der Waals surface area contributed by atoms with E-state index in [0.29, 0.717) is 6.42 Å². The number of phenols is 1. The van der Waals surface area contributed by atoms with E-state index in [1.807, 2.05) is 0 Å². The average molecular weight is 300 g/mol. The van der Waals surface area contributed by atoms with Crippen molar-refractivity contribution < 1.29 is 27.4 Å². The number of ether oxygens (including phenoxy) is 1. The minimum atomic E-state index is -1.52. The fourth-order valence-corrected chi connectivity index (χ4v) is 1.81. The SMILES string of the molecule is CCCOc1ccc(-c2ccc(O)c(F)c2F)c(F)c1F. The molecule has 0 saturated carbocycles. The highest BCUT2D eigenvalue weighted by molar-refractivity contribution is 5.67. The van der Waals surface area contributed by atoms with Gasteiger partial charge in [-0.3, -0.25) is 0 Å². The minimum Gasteiger partial charge on any atom is -0.505 e. The molecular weight excluding hydrogens is 288 g/mol. The molecule has 0 atom stereocenters. The van der Waals surface area contributed by atoms with Crippen LogP contribution in [0.15, 0.2) is 24.3 Å². The van der Waals surface area contributed by atoms with Gasteiger partial charge in [0, 0.05) is 11.1 Å². The lowest BCUT2D eigenvalue weighted by Gasteiger charge is -2.11. The van der Waals surface area contributed by atoms with Crippen molar-refractivity contribution >= 4 is 0 Å². The summed E-state index contributed by atoms with van der Waals surface area (Å²) in [5, 5.41) is 9.03. The molecule has 0 unspecified atom stereocenters. The van der Waals surface area contributed by atoms with Gasteiger partial charge in [0.1, 0.15) is 0 Å². The monoisotopic (exact) mass is 300 g/mol. The van der Waals surface area contributed by atoms with E-state index in [9.17, 15) is 17.6 Å². The molecule has 21 heavy (non-hydrogen) atoms. The van der Waals surface area contributed by atoms with Gasteiger partial charge in [0.25, 0.3) is 0 Å². The molecule has 1 N–H and O–H groups in total.